The Morgan fingerprint density at radius 3 is 2.62 bits per heavy atom. The predicted octanol–water partition coefficient (Wildman–Crippen LogP) is 2.43. The minimum atomic E-state index is -0.253. The number of aromatic nitrogens is 3. The Labute approximate surface area is 152 Å². The Hall–Kier alpha value is -3.22. The highest BCUT2D eigenvalue weighted by molar-refractivity contribution is 5.83. The van der Waals surface area contributed by atoms with E-state index in [1.807, 2.05) is 36.4 Å². The van der Waals surface area contributed by atoms with Crippen molar-refractivity contribution in [1.29, 1.82) is 0 Å². The summed E-state index contributed by atoms with van der Waals surface area (Å²) in [7, 11) is 0. The summed E-state index contributed by atoms with van der Waals surface area (Å²) in [6.07, 6.45) is 1.63. The van der Waals surface area contributed by atoms with Gasteiger partial charge in [-0.05, 0) is 43.7 Å². The van der Waals surface area contributed by atoms with Crippen LogP contribution in [0.15, 0.2) is 53.6 Å². The number of rotatable bonds is 7. The number of benzene rings is 2. The van der Waals surface area contributed by atoms with Crippen LogP contribution >= 0.6 is 0 Å². The average Bonchev–Trinajstić information content (AvgIpc) is 3.07. The first-order chi connectivity index (χ1) is 12.7. The zero-order valence-corrected chi connectivity index (χ0v) is 15.0. The summed E-state index contributed by atoms with van der Waals surface area (Å²) in [5, 5.41) is 12.0. The Balaban J connectivity index is 1.57. The predicted molar refractivity (Wildman–Crippen MR) is 103 cm³/mol. The summed E-state index contributed by atoms with van der Waals surface area (Å²) in [4.78, 5) is 14.3. The Kier molecular flexibility index (Phi) is 5.58. The van der Waals surface area contributed by atoms with Gasteiger partial charge in [0.15, 0.2) is 0 Å². The third-order valence-corrected chi connectivity index (χ3v) is 4.14. The molecule has 7 nitrogen and oxygen atoms in total. The topological polar surface area (TPSA) is 75.4 Å². The number of amides is 1. The van der Waals surface area contributed by atoms with Crippen LogP contribution in [0.5, 0.6) is 0 Å². The van der Waals surface area contributed by atoms with Gasteiger partial charge in [-0.25, -0.2) is 10.1 Å². The van der Waals surface area contributed by atoms with Gasteiger partial charge >= 0.3 is 0 Å². The van der Waals surface area contributed by atoms with Gasteiger partial charge in [-0.2, -0.15) is 5.10 Å². The molecular weight excluding hydrogens is 328 g/mol. The molecule has 0 aliphatic rings. The molecule has 0 radical (unpaired) electrons. The summed E-state index contributed by atoms with van der Waals surface area (Å²) in [5.74, 6) is -0.253. The van der Waals surface area contributed by atoms with Gasteiger partial charge in [-0.3, -0.25) is 4.79 Å². The largest absolute Gasteiger partial charge is 0.372 e. The van der Waals surface area contributed by atoms with Crippen molar-refractivity contribution in [3.8, 4) is 0 Å². The van der Waals surface area contributed by atoms with Gasteiger partial charge in [0.25, 0.3) is 5.91 Å². The molecule has 26 heavy (non-hydrogen) atoms. The summed E-state index contributed by atoms with van der Waals surface area (Å²) in [6, 6.07) is 15.6. The molecule has 0 bridgehead atoms. The number of anilines is 1. The monoisotopic (exact) mass is 350 g/mol. The molecule has 0 spiro atoms. The molecule has 0 aliphatic heterocycles. The zero-order chi connectivity index (χ0) is 18.4. The maximum Gasteiger partial charge on any atom is 0.261 e. The maximum atomic E-state index is 12.0. The van der Waals surface area contributed by atoms with Crippen molar-refractivity contribution in [1.82, 2.24) is 20.4 Å². The Bertz CT molecular complexity index is 896. The number of hydrazone groups is 1. The molecule has 1 amide bonds. The van der Waals surface area contributed by atoms with E-state index in [1.165, 1.54) is 5.69 Å². The van der Waals surface area contributed by atoms with E-state index in [0.29, 0.717) is 0 Å². The standard InChI is InChI=1S/C19H22N6O/c1-3-24(4-2)16-11-9-15(10-12-16)13-20-22-19(26)14-25-18-8-6-5-7-17(18)21-23-25/h5-13H,3-4,14H2,1-2H3,(H,22,26). The molecule has 3 rings (SSSR count). The number of para-hydroxylation sites is 1. The van der Waals surface area contributed by atoms with Crippen molar-refractivity contribution in [2.45, 2.75) is 20.4 Å². The SMILES string of the molecule is CCN(CC)c1ccc(C=NNC(=O)Cn2nnc3ccccc32)cc1. The van der Waals surface area contributed by atoms with Crippen molar-refractivity contribution in [3.05, 3.63) is 54.1 Å². The molecule has 1 aromatic heterocycles. The fourth-order valence-electron chi connectivity index (χ4n) is 2.74. The molecule has 0 saturated heterocycles. The van der Waals surface area contributed by atoms with Gasteiger partial charge in [0, 0.05) is 18.8 Å². The van der Waals surface area contributed by atoms with Gasteiger partial charge < -0.3 is 4.90 Å². The fourth-order valence-corrected chi connectivity index (χ4v) is 2.74. The number of fused-ring (bicyclic) bond motifs is 1. The van der Waals surface area contributed by atoms with E-state index in [1.54, 1.807) is 10.9 Å². The maximum absolute atomic E-state index is 12.0. The van der Waals surface area contributed by atoms with Gasteiger partial charge in [-0.15, -0.1) is 5.10 Å². The lowest BCUT2D eigenvalue weighted by Crippen LogP contribution is -2.23. The lowest BCUT2D eigenvalue weighted by atomic mass is 10.2. The molecule has 3 aromatic rings. The number of hydrogen-bond donors (Lipinski definition) is 1. The van der Waals surface area contributed by atoms with Crippen LogP contribution in [0.25, 0.3) is 11.0 Å². The van der Waals surface area contributed by atoms with Crippen LogP contribution in [-0.2, 0) is 11.3 Å². The quantitative estimate of drug-likeness (QED) is 0.524. The summed E-state index contributed by atoms with van der Waals surface area (Å²) in [5.41, 5.74) is 6.20. The zero-order valence-electron chi connectivity index (χ0n) is 15.0. The second-order valence-corrected chi connectivity index (χ2v) is 5.79. The lowest BCUT2D eigenvalue weighted by molar-refractivity contribution is -0.121. The first-order valence-electron chi connectivity index (χ1n) is 8.66. The number of nitrogens with zero attached hydrogens (tertiary/aromatic N) is 5. The Morgan fingerprint density at radius 1 is 1.15 bits per heavy atom. The summed E-state index contributed by atoms with van der Waals surface area (Å²) >= 11 is 0. The molecule has 0 aliphatic carbocycles. The number of carbonyl (C=O) groups excluding carboxylic acids is 1. The van der Waals surface area contributed by atoms with E-state index in [-0.39, 0.29) is 12.5 Å². The van der Waals surface area contributed by atoms with E-state index in [9.17, 15) is 4.79 Å². The van der Waals surface area contributed by atoms with Crippen LogP contribution in [0.4, 0.5) is 5.69 Å². The normalized spacial score (nSPS) is 11.2. The smallest absolute Gasteiger partial charge is 0.261 e. The van der Waals surface area contributed by atoms with Gasteiger partial charge in [-0.1, -0.05) is 29.5 Å². The first kappa shape index (κ1) is 17.6. The van der Waals surface area contributed by atoms with Gasteiger partial charge in [0.05, 0.1) is 11.7 Å². The molecular formula is C19H22N6O. The minimum Gasteiger partial charge on any atom is -0.372 e. The van der Waals surface area contributed by atoms with Crippen LogP contribution in [0.3, 0.4) is 0 Å². The first-order valence-corrected chi connectivity index (χ1v) is 8.66. The molecule has 0 fully saturated rings. The lowest BCUT2D eigenvalue weighted by Gasteiger charge is -2.20. The van der Waals surface area contributed by atoms with Crippen molar-refractivity contribution in [2.24, 2.45) is 5.10 Å². The van der Waals surface area contributed by atoms with Crippen LogP contribution in [0, 0.1) is 0 Å². The highest BCUT2D eigenvalue weighted by atomic mass is 16.2. The molecule has 0 atom stereocenters. The summed E-state index contributed by atoms with van der Waals surface area (Å²) < 4.78 is 1.55. The molecule has 7 heteroatoms. The average molecular weight is 350 g/mol. The summed E-state index contributed by atoms with van der Waals surface area (Å²) in [6.45, 7) is 6.27. The molecule has 0 unspecified atom stereocenters. The van der Waals surface area contributed by atoms with Crippen LogP contribution in [0.1, 0.15) is 19.4 Å². The molecule has 0 saturated carbocycles. The van der Waals surface area contributed by atoms with Crippen molar-refractivity contribution < 1.29 is 4.79 Å². The molecule has 1 N–H and O–H groups in total. The number of carbonyl (C=O) groups is 1. The second kappa shape index (κ2) is 8.24. The van der Waals surface area contributed by atoms with Crippen molar-refractivity contribution in [3.63, 3.8) is 0 Å². The van der Waals surface area contributed by atoms with E-state index >= 15 is 0 Å². The van der Waals surface area contributed by atoms with E-state index < -0.39 is 0 Å². The highest BCUT2D eigenvalue weighted by Crippen LogP contribution is 2.14. The van der Waals surface area contributed by atoms with Crippen LogP contribution < -0.4 is 10.3 Å². The number of nitrogens with one attached hydrogen (secondary N) is 1. The van der Waals surface area contributed by atoms with Crippen molar-refractivity contribution >= 4 is 28.8 Å². The molecule has 2 aromatic carbocycles. The fraction of sp³-hybridized carbons (Fsp3) is 0.263. The highest BCUT2D eigenvalue weighted by Gasteiger charge is 2.07. The molecule has 1 heterocycles. The number of hydrogen-bond acceptors (Lipinski definition) is 5. The third-order valence-electron chi connectivity index (χ3n) is 4.14. The van der Waals surface area contributed by atoms with E-state index in [2.05, 4.69) is 51.7 Å². The van der Waals surface area contributed by atoms with E-state index in [4.69, 9.17) is 0 Å². The van der Waals surface area contributed by atoms with Crippen LogP contribution in [0.2, 0.25) is 0 Å². The Morgan fingerprint density at radius 2 is 1.88 bits per heavy atom. The second-order valence-electron chi connectivity index (χ2n) is 5.79. The van der Waals surface area contributed by atoms with Gasteiger partial charge in [0.1, 0.15) is 12.1 Å². The van der Waals surface area contributed by atoms with Gasteiger partial charge in [0.2, 0.25) is 0 Å². The van der Waals surface area contributed by atoms with E-state index in [0.717, 1.165) is 29.7 Å². The third kappa shape index (κ3) is 4.05. The minimum absolute atomic E-state index is 0.0682. The van der Waals surface area contributed by atoms with Crippen LogP contribution in [-0.4, -0.2) is 40.2 Å². The van der Waals surface area contributed by atoms with Crippen molar-refractivity contribution in [2.75, 3.05) is 18.0 Å². The molecule has 134 valence electrons.